The van der Waals surface area contributed by atoms with Crippen LogP contribution in [0.15, 0.2) is 47.6 Å². The zero-order valence-corrected chi connectivity index (χ0v) is 20.2. The van der Waals surface area contributed by atoms with Crippen LogP contribution in [0.4, 0.5) is 5.69 Å². The second-order valence-corrected chi connectivity index (χ2v) is 9.38. The SMILES string of the molecule is COC[C@@H]1CCCN1NC(=O)C1=NN(c2ccc(Cl)cc2Cl)[C@@H](c2ccc(Cl)cc2)[C@H]1C. The second-order valence-electron chi connectivity index (χ2n) is 8.10. The number of hydrazine groups is 1. The fraction of sp³-hybridized carbons (Fsp3) is 0.391. The minimum Gasteiger partial charge on any atom is -0.383 e. The molecule has 2 aromatic rings. The first kappa shape index (κ1) is 23.3. The third-order valence-electron chi connectivity index (χ3n) is 5.97. The van der Waals surface area contributed by atoms with Gasteiger partial charge in [0.05, 0.1) is 29.4 Å². The molecule has 1 fully saturated rings. The van der Waals surface area contributed by atoms with E-state index in [9.17, 15) is 4.79 Å². The summed E-state index contributed by atoms with van der Waals surface area (Å²) in [5.41, 5.74) is 5.16. The number of carbonyl (C=O) groups is 1. The number of hydrogen-bond acceptors (Lipinski definition) is 5. The van der Waals surface area contributed by atoms with Crippen LogP contribution >= 0.6 is 34.8 Å². The molecule has 170 valence electrons. The average Bonchev–Trinajstić information content (AvgIpc) is 3.33. The van der Waals surface area contributed by atoms with Crippen LogP contribution < -0.4 is 10.4 Å². The first-order valence-corrected chi connectivity index (χ1v) is 11.7. The predicted octanol–water partition coefficient (Wildman–Crippen LogP) is 5.34. The van der Waals surface area contributed by atoms with Crippen molar-refractivity contribution in [3.8, 4) is 0 Å². The molecule has 2 aliphatic rings. The molecule has 0 spiro atoms. The number of benzene rings is 2. The van der Waals surface area contributed by atoms with Crippen molar-refractivity contribution in [3.05, 3.63) is 63.1 Å². The van der Waals surface area contributed by atoms with Crippen molar-refractivity contribution in [2.24, 2.45) is 11.0 Å². The molecule has 0 aromatic heterocycles. The van der Waals surface area contributed by atoms with Gasteiger partial charge in [-0.3, -0.25) is 15.2 Å². The van der Waals surface area contributed by atoms with Crippen LogP contribution in [0.1, 0.15) is 31.4 Å². The molecule has 1 amide bonds. The number of halogens is 3. The summed E-state index contributed by atoms with van der Waals surface area (Å²) in [6.07, 6.45) is 1.99. The molecule has 1 N–H and O–H groups in total. The van der Waals surface area contributed by atoms with E-state index < -0.39 is 0 Å². The van der Waals surface area contributed by atoms with Crippen LogP contribution in [0.5, 0.6) is 0 Å². The zero-order valence-electron chi connectivity index (χ0n) is 17.9. The zero-order chi connectivity index (χ0) is 22.8. The van der Waals surface area contributed by atoms with Crippen molar-refractivity contribution in [2.75, 3.05) is 25.3 Å². The highest BCUT2D eigenvalue weighted by Gasteiger charge is 2.41. The van der Waals surface area contributed by atoms with Gasteiger partial charge in [-0.05, 0) is 48.7 Å². The topological polar surface area (TPSA) is 57.2 Å². The van der Waals surface area contributed by atoms with Crippen LogP contribution in [0, 0.1) is 5.92 Å². The van der Waals surface area contributed by atoms with E-state index in [1.807, 2.05) is 42.3 Å². The lowest BCUT2D eigenvalue weighted by Gasteiger charge is -2.28. The molecule has 4 rings (SSSR count). The molecule has 3 atom stereocenters. The number of methoxy groups -OCH3 is 1. The van der Waals surface area contributed by atoms with E-state index in [2.05, 4.69) is 5.43 Å². The first-order valence-electron chi connectivity index (χ1n) is 10.5. The number of hydrogen-bond donors (Lipinski definition) is 1. The summed E-state index contributed by atoms with van der Waals surface area (Å²) in [5, 5.41) is 10.1. The van der Waals surface area contributed by atoms with Crippen molar-refractivity contribution in [2.45, 2.75) is 31.8 Å². The van der Waals surface area contributed by atoms with Gasteiger partial charge < -0.3 is 4.74 Å². The summed E-state index contributed by atoms with van der Waals surface area (Å²) in [6, 6.07) is 12.8. The normalized spacial score (nSPS) is 23.5. The van der Waals surface area contributed by atoms with Crippen molar-refractivity contribution < 1.29 is 9.53 Å². The molecule has 2 heterocycles. The van der Waals surface area contributed by atoms with Gasteiger partial charge in [0.1, 0.15) is 5.71 Å². The number of anilines is 1. The van der Waals surface area contributed by atoms with Crippen LogP contribution in [-0.4, -0.2) is 42.9 Å². The quantitative estimate of drug-likeness (QED) is 0.587. The first-order chi connectivity index (χ1) is 15.4. The maximum atomic E-state index is 13.3. The minimum absolute atomic E-state index is 0.162. The molecule has 0 radical (unpaired) electrons. The summed E-state index contributed by atoms with van der Waals surface area (Å²) in [5.74, 6) is -0.404. The molecule has 0 aliphatic carbocycles. The van der Waals surface area contributed by atoms with Crippen molar-refractivity contribution in [1.82, 2.24) is 10.4 Å². The molecule has 0 unspecified atom stereocenters. The highest BCUT2D eigenvalue weighted by Crippen LogP contribution is 2.42. The number of carbonyl (C=O) groups excluding carboxylic acids is 1. The summed E-state index contributed by atoms with van der Waals surface area (Å²) in [7, 11) is 1.67. The van der Waals surface area contributed by atoms with E-state index in [-0.39, 0.29) is 23.9 Å². The third-order valence-corrected chi connectivity index (χ3v) is 6.76. The van der Waals surface area contributed by atoms with Gasteiger partial charge in [-0.25, -0.2) is 5.01 Å². The maximum absolute atomic E-state index is 13.3. The lowest BCUT2D eigenvalue weighted by molar-refractivity contribution is -0.120. The summed E-state index contributed by atoms with van der Waals surface area (Å²) in [4.78, 5) is 13.3. The highest BCUT2D eigenvalue weighted by atomic mass is 35.5. The standard InChI is InChI=1S/C23H25Cl3N4O2/c1-14-21(23(31)28-29-11-3-4-18(29)13-32-2)27-30(20-10-9-17(25)12-19(20)26)22(14)15-5-7-16(24)8-6-15/h5-10,12,14,18,22H,3-4,11,13H2,1-2H3,(H,28,31)/t14-,18-,22+/m0/s1. The number of hydrazone groups is 1. The summed E-state index contributed by atoms with van der Waals surface area (Å²) >= 11 is 18.7. The van der Waals surface area contributed by atoms with Crippen LogP contribution in [0.25, 0.3) is 0 Å². The molecule has 2 aliphatic heterocycles. The van der Waals surface area contributed by atoms with Gasteiger partial charge in [0.2, 0.25) is 0 Å². The molecule has 0 bridgehead atoms. The molecule has 1 saturated heterocycles. The van der Waals surface area contributed by atoms with Crippen LogP contribution in [0.2, 0.25) is 15.1 Å². The Balaban J connectivity index is 1.66. The molecule has 2 aromatic carbocycles. The lowest BCUT2D eigenvalue weighted by atomic mass is 9.91. The van der Waals surface area contributed by atoms with Gasteiger partial charge in [-0.15, -0.1) is 0 Å². The van der Waals surface area contributed by atoms with E-state index in [1.165, 1.54) is 0 Å². The van der Waals surface area contributed by atoms with Gasteiger partial charge in [0.25, 0.3) is 5.91 Å². The Bertz CT molecular complexity index is 1010. The van der Waals surface area contributed by atoms with Crippen molar-refractivity contribution >= 4 is 52.1 Å². The Morgan fingerprint density at radius 2 is 1.88 bits per heavy atom. The second kappa shape index (κ2) is 9.98. The number of rotatable bonds is 6. The Hall–Kier alpha value is -1.83. The Morgan fingerprint density at radius 3 is 2.56 bits per heavy atom. The summed E-state index contributed by atoms with van der Waals surface area (Å²) < 4.78 is 5.30. The maximum Gasteiger partial charge on any atom is 0.282 e. The number of nitrogens with zero attached hydrogens (tertiary/aromatic N) is 3. The van der Waals surface area contributed by atoms with Crippen molar-refractivity contribution in [1.29, 1.82) is 0 Å². The molecule has 0 saturated carbocycles. The Kier molecular flexibility index (Phi) is 7.27. The van der Waals surface area contributed by atoms with Gasteiger partial charge in [0, 0.05) is 29.6 Å². The highest BCUT2D eigenvalue weighted by molar-refractivity contribution is 6.41. The van der Waals surface area contributed by atoms with Gasteiger partial charge in [-0.2, -0.15) is 5.10 Å². The number of amides is 1. The fourth-order valence-corrected chi connectivity index (χ4v) is 5.00. The van der Waals surface area contributed by atoms with E-state index in [0.717, 1.165) is 24.9 Å². The van der Waals surface area contributed by atoms with Gasteiger partial charge in [-0.1, -0.05) is 53.9 Å². The van der Waals surface area contributed by atoms with Gasteiger partial charge >= 0.3 is 0 Å². The fourth-order valence-electron chi connectivity index (χ4n) is 4.38. The molecule has 9 heteroatoms. The van der Waals surface area contributed by atoms with Gasteiger partial charge in [0.15, 0.2) is 0 Å². The minimum atomic E-state index is -0.222. The van der Waals surface area contributed by atoms with E-state index in [4.69, 9.17) is 44.6 Å². The molecular formula is C23H25Cl3N4O2. The largest absolute Gasteiger partial charge is 0.383 e. The molecule has 32 heavy (non-hydrogen) atoms. The Labute approximate surface area is 203 Å². The van der Waals surface area contributed by atoms with Crippen molar-refractivity contribution in [3.63, 3.8) is 0 Å². The Morgan fingerprint density at radius 1 is 1.16 bits per heavy atom. The lowest BCUT2D eigenvalue weighted by Crippen LogP contribution is -2.49. The molecular weight excluding hydrogens is 471 g/mol. The number of nitrogens with one attached hydrogen (secondary N) is 1. The number of ether oxygens (including phenoxy) is 1. The summed E-state index contributed by atoms with van der Waals surface area (Å²) in [6.45, 7) is 3.36. The van der Waals surface area contributed by atoms with E-state index in [1.54, 1.807) is 24.3 Å². The smallest absolute Gasteiger partial charge is 0.282 e. The van der Waals surface area contributed by atoms with Crippen LogP contribution in [-0.2, 0) is 9.53 Å². The average molecular weight is 496 g/mol. The molecule has 6 nitrogen and oxygen atoms in total. The monoisotopic (exact) mass is 494 g/mol. The van der Waals surface area contributed by atoms with Crippen LogP contribution in [0.3, 0.4) is 0 Å². The third kappa shape index (κ3) is 4.75. The predicted molar refractivity (Wildman–Crippen MR) is 129 cm³/mol. The van der Waals surface area contributed by atoms with E-state index >= 15 is 0 Å². The van der Waals surface area contributed by atoms with E-state index in [0.29, 0.717) is 33.1 Å².